The number of hydrogen-bond acceptors (Lipinski definition) is 6. The minimum absolute atomic E-state index is 0.0475. The second kappa shape index (κ2) is 7.83. The normalized spacial score (nSPS) is 13.2. The number of ether oxygens (including phenoxy) is 1. The van der Waals surface area contributed by atoms with Crippen molar-refractivity contribution in [2.24, 2.45) is 0 Å². The molecule has 3 aromatic rings. The SMILES string of the molecule is CC(=O)Nc1sc2c(c1C(=O)OCc1cc(=O)oc3cc(C)ccc13)CCCC2. The molecule has 4 rings (SSSR count). The molecule has 2 heterocycles. The van der Waals surface area contributed by atoms with E-state index in [0.29, 0.717) is 21.7 Å². The molecule has 0 fully saturated rings. The number of esters is 1. The first-order valence-electron chi connectivity index (χ1n) is 9.55. The molecule has 0 bridgehead atoms. The highest BCUT2D eigenvalue weighted by Crippen LogP contribution is 2.38. The van der Waals surface area contributed by atoms with Crippen molar-refractivity contribution < 1.29 is 18.7 Å². The number of anilines is 1. The Bertz CT molecular complexity index is 1170. The van der Waals surface area contributed by atoms with Crippen LogP contribution < -0.4 is 10.9 Å². The van der Waals surface area contributed by atoms with Gasteiger partial charge >= 0.3 is 11.6 Å². The smallest absolute Gasteiger partial charge is 0.341 e. The minimum atomic E-state index is -0.485. The predicted molar refractivity (Wildman–Crippen MR) is 112 cm³/mol. The molecule has 0 saturated heterocycles. The van der Waals surface area contributed by atoms with E-state index in [9.17, 15) is 14.4 Å². The van der Waals surface area contributed by atoms with E-state index < -0.39 is 11.6 Å². The first kappa shape index (κ1) is 19.4. The van der Waals surface area contributed by atoms with Crippen LogP contribution in [0.1, 0.15) is 51.7 Å². The molecular weight excluding hydrogens is 390 g/mol. The van der Waals surface area contributed by atoms with Gasteiger partial charge in [-0.1, -0.05) is 12.1 Å². The number of thiophene rings is 1. The van der Waals surface area contributed by atoms with Gasteiger partial charge in [0.15, 0.2) is 0 Å². The summed E-state index contributed by atoms with van der Waals surface area (Å²) in [5, 5.41) is 4.05. The van der Waals surface area contributed by atoms with E-state index in [-0.39, 0.29) is 12.5 Å². The van der Waals surface area contributed by atoms with E-state index in [0.717, 1.165) is 47.1 Å². The molecular formula is C22H21NO5S. The van der Waals surface area contributed by atoms with Gasteiger partial charge in [-0.2, -0.15) is 0 Å². The van der Waals surface area contributed by atoms with E-state index >= 15 is 0 Å². The van der Waals surface area contributed by atoms with Crippen LogP contribution >= 0.6 is 11.3 Å². The minimum Gasteiger partial charge on any atom is -0.457 e. The van der Waals surface area contributed by atoms with Gasteiger partial charge in [0, 0.05) is 28.8 Å². The molecule has 2 aromatic heterocycles. The number of aryl methyl sites for hydroxylation is 2. The monoisotopic (exact) mass is 411 g/mol. The molecule has 150 valence electrons. The van der Waals surface area contributed by atoms with Crippen molar-refractivity contribution in [3.63, 3.8) is 0 Å². The zero-order valence-electron chi connectivity index (χ0n) is 16.3. The summed E-state index contributed by atoms with van der Waals surface area (Å²) < 4.78 is 10.8. The van der Waals surface area contributed by atoms with Crippen LogP contribution in [0.5, 0.6) is 0 Å². The van der Waals surface area contributed by atoms with Crippen LogP contribution in [0, 0.1) is 6.92 Å². The maximum absolute atomic E-state index is 13.0. The molecule has 29 heavy (non-hydrogen) atoms. The Kier molecular flexibility index (Phi) is 5.24. The van der Waals surface area contributed by atoms with Gasteiger partial charge < -0.3 is 14.5 Å². The second-order valence-corrected chi connectivity index (χ2v) is 8.37. The number of nitrogens with one attached hydrogen (secondary N) is 1. The van der Waals surface area contributed by atoms with E-state index in [1.54, 1.807) is 6.07 Å². The van der Waals surface area contributed by atoms with Crippen LogP contribution in [-0.2, 0) is 29.0 Å². The van der Waals surface area contributed by atoms with Crippen LogP contribution in [-0.4, -0.2) is 11.9 Å². The Hall–Kier alpha value is -2.93. The fourth-order valence-corrected chi connectivity index (χ4v) is 5.03. The largest absolute Gasteiger partial charge is 0.457 e. The third-order valence-electron chi connectivity index (χ3n) is 5.01. The van der Waals surface area contributed by atoms with E-state index in [1.165, 1.54) is 24.3 Å². The van der Waals surface area contributed by atoms with Crippen molar-refractivity contribution in [1.29, 1.82) is 0 Å². The Labute approximate surface area is 171 Å². The molecule has 0 radical (unpaired) electrons. The highest BCUT2D eigenvalue weighted by atomic mass is 32.1. The van der Waals surface area contributed by atoms with E-state index in [1.807, 2.05) is 19.1 Å². The van der Waals surface area contributed by atoms with Crippen LogP contribution in [0.3, 0.4) is 0 Å². The molecule has 0 atom stereocenters. The number of carbonyl (C=O) groups is 2. The molecule has 0 aliphatic heterocycles. The molecule has 6 nitrogen and oxygen atoms in total. The van der Waals surface area contributed by atoms with Crippen LogP contribution in [0.4, 0.5) is 5.00 Å². The second-order valence-electron chi connectivity index (χ2n) is 7.26. The average molecular weight is 411 g/mol. The molecule has 1 aliphatic carbocycles. The summed E-state index contributed by atoms with van der Waals surface area (Å²) in [6.45, 7) is 3.29. The van der Waals surface area contributed by atoms with Gasteiger partial charge in [0.25, 0.3) is 0 Å². The Morgan fingerprint density at radius 2 is 2.00 bits per heavy atom. The quantitative estimate of drug-likeness (QED) is 0.509. The molecule has 1 aromatic carbocycles. The Balaban J connectivity index is 1.64. The van der Waals surface area contributed by atoms with E-state index in [4.69, 9.17) is 9.15 Å². The topological polar surface area (TPSA) is 85.6 Å². The van der Waals surface area contributed by atoms with Gasteiger partial charge in [0.2, 0.25) is 5.91 Å². The maximum atomic E-state index is 13.0. The van der Waals surface area contributed by atoms with Crippen LogP contribution in [0.2, 0.25) is 0 Å². The molecule has 0 saturated carbocycles. The van der Waals surface area contributed by atoms with Crippen molar-refractivity contribution in [2.75, 3.05) is 5.32 Å². The van der Waals surface area contributed by atoms with Gasteiger partial charge in [-0.25, -0.2) is 9.59 Å². The summed E-state index contributed by atoms with van der Waals surface area (Å²) in [5.74, 6) is -0.707. The number of amides is 1. The fraction of sp³-hybridized carbons (Fsp3) is 0.318. The maximum Gasteiger partial charge on any atom is 0.341 e. The summed E-state index contributed by atoms with van der Waals surface area (Å²) >= 11 is 1.45. The number of fused-ring (bicyclic) bond motifs is 2. The lowest BCUT2D eigenvalue weighted by atomic mass is 9.95. The summed E-state index contributed by atoms with van der Waals surface area (Å²) in [4.78, 5) is 37.6. The average Bonchev–Trinajstić information content (AvgIpc) is 3.02. The van der Waals surface area contributed by atoms with Crippen LogP contribution in [0.25, 0.3) is 11.0 Å². The molecule has 0 unspecified atom stereocenters. The molecule has 1 amide bonds. The molecule has 1 N–H and O–H groups in total. The number of benzene rings is 1. The highest BCUT2D eigenvalue weighted by molar-refractivity contribution is 7.17. The van der Waals surface area contributed by atoms with Gasteiger partial charge in [0.05, 0.1) is 5.56 Å². The van der Waals surface area contributed by atoms with Gasteiger partial charge in [-0.3, -0.25) is 4.79 Å². The van der Waals surface area contributed by atoms with Crippen molar-refractivity contribution in [3.05, 3.63) is 61.8 Å². The van der Waals surface area contributed by atoms with Gasteiger partial charge in [-0.15, -0.1) is 11.3 Å². The fourth-order valence-electron chi connectivity index (χ4n) is 3.70. The lowest BCUT2D eigenvalue weighted by Gasteiger charge is -2.13. The van der Waals surface area contributed by atoms with Crippen molar-refractivity contribution in [1.82, 2.24) is 0 Å². The zero-order valence-corrected chi connectivity index (χ0v) is 17.1. The van der Waals surface area contributed by atoms with Crippen LogP contribution in [0.15, 0.2) is 33.5 Å². The zero-order chi connectivity index (χ0) is 20.5. The van der Waals surface area contributed by atoms with E-state index in [2.05, 4.69) is 5.32 Å². The summed E-state index contributed by atoms with van der Waals surface area (Å²) in [5.41, 5.74) is 2.97. The van der Waals surface area contributed by atoms with Gasteiger partial charge in [-0.05, 0) is 49.8 Å². The molecule has 7 heteroatoms. The number of rotatable bonds is 4. The highest BCUT2D eigenvalue weighted by Gasteiger charge is 2.27. The third-order valence-corrected chi connectivity index (χ3v) is 6.22. The Morgan fingerprint density at radius 3 is 2.79 bits per heavy atom. The summed E-state index contributed by atoms with van der Waals surface area (Å²) in [6.07, 6.45) is 3.79. The first-order chi connectivity index (χ1) is 13.9. The lowest BCUT2D eigenvalue weighted by molar-refractivity contribution is -0.114. The summed E-state index contributed by atoms with van der Waals surface area (Å²) in [7, 11) is 0. The first-order valence-corrected chi connectivity index (χ1v) is 10.4. The molecule has 0 spiro atoms. The number of hydrogen-bond donors (Lipinski definition) is 1. The van der Waals surface area contributed by atoms with Crippen molar-refractivity contribution in [3.8, 4) is 0 Å². The van der Waals surface area contributed by atoms with Crippen molar-refractivity contribution >= 4 is 39.2 Å². The Morgan fingerprint density at radius 1 is 1.21 bits per heavy atom. The summed E-state index contributed by atoms with van der Waals surface area (Å²) in [6, 6.07) is 6.90. The predicted octanol–water partition coefficient (Wildman–Crippen LogP) is 4.36. The number of carbonyl (C=O) groups excluding carboxylic acids is 2. The standard InChI is InChI=1S/C22H21NO5S/c1-12-7-8-15-14(10-19(25)28-17(15)9-12)11-27-22(26)20-16-5-3-4-6-18(16)29-21(20)23-13(2)24/h7-10H,3-6,11H2,1-2H3,(H,23,24). The lowest BCUT2D eigenvalue weighted by Crippen LogP contribution is -2.14. The van der Waals surface area contributed by atoms with Gasteiger partial charge in [0.1, 0.15) is 17.2 Å². The van der Waals surface area contributed by atoms with Crippen molar-refractivity contribution in [2.45, 2.75) is 46.1 Å². The third kappa shape index (κ3) is 3.96. The molecule has 1 aliphatic rings.